The lowest BCUT2D eigenvalue weighted by Crippen LogP contribution is -2.12. The van der Waals surface area contributed by atoms with Crippen LogP contribution in [0.4, 0.5) is 13.2 Å². The molecule has 0 unspecified atom stereocenters. The summed E-state index contributed by atoms with van der Waals surface area (Å²) in [4.78, 5) is 14.4. The molecule has 0 aliphatic heterocycles. The van der Waals surface area contributed by atoms with Gasteiger partial charge in [-0.05, 0) is 13.0 Å². The largest absolute Gasteiger partial charge is 0.466 e. The summed E-state index contributed by atoms with van der Waals surface area (Å²) in [7, 11) is 0. The van der Waals surface area contributed by atoms with E-state index in [1.807, 2.05) is 0 Å². The quantitative estimate of drug-likeness (QED) is 0.613. The predicted octanol–water partition coefficient (Wildman–Crippen LogP) is 2.14. The molecular weight excluding hydrogens is 249 g/mol. The van der Waals surface area contributed by atoms with Gasteiger partial charge >= 0.3 is 5.97 Å². The monoisotopic (exact) mass is 258 g/mol. The lowest BCUT2D eigenvalue weighted by Gasteiger charge is -2.08. The summed E-state index contributed by atoms with van der Waals surface area (Å²) in [5.74, 6) is -1.96. The second-order valence-corrected chi connectivity index (χ2v) is 3.26. The van der Waals surface area contributed by atoms with Crippen LogP contribution in [0, 0.1) is 17.3 Å². The first-order chi connectivity index (χ1) is 8.49. The van der Waals surface area contributed by atoms with Crippen molar-refractivity contribution in [2.45, 2.75) is 19.8 Å². The van der Waals surface area contributed by atoms with Gasteiger partial charge in [-0.15, -0.1) is 0 Å². The fourth-order valence-corrected chi connectivity index (χ4v) is 1.30. The number of hydrogen-bond acceptors (Lipinski definition) is 4. The third-order valence-corrected chi connectivity index (χ3v) is 2.06. The normalized spacial score (nSPS) is 10.2. The van der Waals surface area contributed by atoms with Crippen LogP contribution in [0.2, 0.25) is 0 Å². The minimum atomic E-state index is -2.95. The number of carbonyl (C=O) groups is 1. The Bertz CT molecular complexity index is 498. The minimum absolute atomic E-state index is 0.0849. The molecule has 0 aromatic carbocycles. The topological polar surface area (TPSA) is 63.0 Å². The van der Waals surface area contributed by atoms with E-state index in [4.69, 9.17) is 5.26 Å². The third-order valence-electron chi connectivity index (χ3n) is 2.06. The van der Waals surface area contributed by atoms with E-state index in [1.165, 1.54) is 6.07 Å². The second-order valence-electron chi connectivity index (χ2n) is 3.26. The van der Waals surface area contributed by atoms with Gasteiger partial charge in [0.05, 0.1) is 18.7 Å². The molecule has 0 radical (unpaired) electrons. The summed E-state index contributed by atoms with van der Waals surface area (Å²) in [6.07, 6.45) is -3.51. The standard InChI is InChI=1S/C11H9F3N2O2/c1-2-18-9(17)4-8-7(10(12)13)3-6(5-15)11(14)16-8/h3,10H,2,4H2,1H3. The van der Waals surface area contributed by atoms with Crippen LogP contribution in [-0.4, -0.2) is 17.6 Å². The maximum absolute atomic E-state index is 13.2. The SMILES string of the molecule is CCOC(=O)Cc1nc(F)c(C#N)cc1C(F)F. The summed E-state index contributed by atoms with van der Waals surface area (Å²) in [5.41, 5.74) is -1.64. The van der Waals surface area contributed by atoms with Gasteiger partial charge in [0, 0.05) is 5.56 Å². The Kier molecular flexibility index (Phi) is 4.66. The minimum Gasteiger partial charge on any atom is -0.466 e. The number of ether oxygens (including phenoxy) is 1. The Labute approximate surface area is 101 Å². The second kappa shape index (κ2) is 6.00. The van der Waals surface area contributed by atoms with Crippen LogP contribution in [0.25, 0.3) is 0 Å². The molecule has 96 valence electrons. The fourth-order valence-electron chi connectivity index (χ4n) is 1.30. The molecule has 0 aliphatic rings. The van der Waals surface area contributed by atoms with Crippen LogP contribution in [0.5, 0.6) is 0 Å². The number of alkyl halides is 2. The highest BCUT2D eigenvalue weighted by Gasteiger charge is 2.20. The first-order valence-electron chi connectivity index (χ1n) is 5.02. The molecule has 0 saturated carbocycles. The van der Waals surface area contributed by atoms with E-state index >= 15 is 0 Å². The van der Waals surface area contributed by atoms with Crippen molar-refractivity contribution in [2.75, 3.05) is 6.61 Å². The number of aromatic nitrogens is 1. The van der Waals surface area contributed by atoms with E-state index in [0.29, 0.717) is 6.07 Å². The number of rotatable bonds is 4. The van der Waals surface area contributed by atoms with E-state index in [9.17, 15) is 18.0 Å². The highest BCUT2D eigenvalue weighted by atomic mass is 19.3. The van der Waals surface area contributed by atoms with Gasteiger partial charge < -0.3 is 4.74 Å². The number of nitriles is 1. The average Bonchev–Trinajstić information content (AvgIpc) is 2.29. The predicted molar refractivity (Wildman–Crippen MR) is 54.2 cm³/mol. The highest BCUT2D eigenvalue weighted by Crippen LogP contribution is 2.24. The van der Waals surface area contributed by atoms with E-state index in [2.05, 4.69) is 9.72 Å². The smallest absolute Gasteiger partial charge is 0.311 e. The zero-order chi connectivity index (χ0) is 13.7. The summed E-state index contributed by atoms with van der Waals surface area (Å²) in [6, 6.07) is 2.11. The van der Waals surface area contributed by atoms with Gasteiger partial charge in [0.15, 0.2) is 0 Å². The van der Waals surface area contributed by atoms with E-state index in [-0.39, 0.29) is 6.61 Å². The Morgan fingerprint density at radius 3 is 2.78 bits per heavy atom. The van der Waals surface area contributed by atoms with Crippen LogP contribution < -0.4 is 0 Å². The molecule has 7 heteroatoms. The number of carbonyl (C=O) groups excluding carboxylic acids is 1. The average molecular weight is 258 g/mol. The number of nitrogens with zero attached hydrogens (tertiary/aromatic N) is 2. The zero-order valence-electron chi connectivity index (χ0n) is 9.41. The maximum atomic E-state index is 13.2. The zero-order valence-corrected chi connectivity index (χ0v) is 9.41. The first-order valence-corrected chi connectivity index (χ1v) is 5.02. The number of esters is 1. The molecule has 1 rings (SSSR count). The maximum Gasteiger partial charge on any atom is 0.311 e. The summed E-state index contributed by atoms with van der Waals surface area (Å²) in [6.45, 7) is 1.64. The van der Waals surface area contributed by atoms with Gasteiger partial charge in [-0.2, -0.15) is 9.65 Å². The molecule has 1 aromatic heterocycles. The van der Waals surface area contributed by atoms with E-state index in [0.717, 1.165) is 0 Å². The van der Waals surface area contributed by atoms with Gasteiger partial charge in [0.2, 0.25) is 5.95 Å². The van der Waals surface area contributed by atoms with Gasteiger partial charge in [0.1, 0.15) is 11.6 Å². The third kappa shape index (κ3) is 3.20. The van der Waals surface area contributed by atoms with Crippen LogP contribution in [0.1, 0.15) is 30.2 Å². The van der Waals surface area contributed by atoms with Crippen molar-refractivity contribution in [1.29, 1.82) is 5.26 Å². The van der Waals surface area contributed by atoms with Crippen molar-refractivity contribution in [2.24, 2.45) is 0 Å². The molecule has 0 amide bonds. The van der Waals surface area contributed by atoms with E-state index in [1.54, 1.807) is 6.92 Å². The first kappa shape index (κ1) is 14.0. The van der Waals surface area contributed by atoms with Crippen LogP contribution in [-0.2, 0) is 16.0 Å². The molecule has 0 fully saturated rings. The van der Waals surface area contributed by atoms with Crippen molar-refractivity contribution >= 4 is 5.97 Å². The molecule has 0 saturated heterocycles. The van der Waals surface area contributed by atoms with Crippen molar-refractivity contribution < 1.29 is 22.7 Å². The van der Waals surface area contributed by atoms with Gasteiger partial charge in [-0.25, -0.2) is 13.8 Å². The fraction of sp³-hybridized carbons (Fsp3) is 0.364. The van der Waals surface area contributed by atoms with Crippen molar-refractivity contribution in [3.63, 3.8) is 0 Å². The van der Waals surface area contributed by atoms with Gasteiger partial charge in [-0.1, -0.05) is 0 Å². The molecule has 0 bridgehead atoms. The summed E-state index contributed by atoms with van der Waals surface area (Å²) >= 11 is 0. The Hall–Kier alpha value is -2.10. The van der Waals surface area contributed by atoms with Crippen molar-refractivity contribution in [3.8, 4) is 6.07 Å². The Morgan fingerprint density at radius 1 is 1.61 bits per heavy atom. The lowest BCUT2D eigenvalue weighted by atomic mass is 10.1. The van der Waals surface area contributed by atoms with Crippen LogP contribution >= 0.6 is 0 Å². The molecule has 0 atom stereocenters. The van der Waals surface area contributed by atoms with Crippen molar-refractivity contribution in [3.05, 3.63) is 28.8 Å². The molecule has 0 N–H and O–H groups in total. The lowest BCUT2D eigenvalue weighted by molar-refractivity contribution is -0.142. The number of hydrogen-bond donors (Lipinski definition) is 0. The van der Waals surface area contributed by atoms with Gasteiger partial charge in [-0.3, -0.25) is 4.79 Å². The van der Waals surface area contributed by atoms with Crippen LogP contribution in [0.15, 0.2) is 6.07 Å². The molecule has 1 aromatic rings. The molecule has 0 spiro atoms. The molecule has 4 nitrogen and oxygen atoms in total. The molecule has 1 heterocycles. The molecular formula is C11H9F3N2O2. The number of pyridine rings is 1. The Balaban J connectivity index is 3.14. The molecule has 0 aliphatic carbocycles. The van der Waals surface area contributed by atoms with Crippen molar-refractivity contribution in [1.82, 2.24) is 4.98 Å². The van der Waals surface area contributed by atoms with E-state index < -0.39 is 41.6 Å². The van der Waals surface area contributed by atoms with Gasteiger partial charge in [0.25, 0.3) is 6.43 Å². The molecule has 18 heavy (non-hydrogen) atoms. The number of halogens is 3. The summed E-state index contributed by atoms with van der Waals surface area (Å²) in [5, 5.41) is 8.52. The highest BCUT2D eigenvalue weighted by molar-refractivity contribution is 5.72. The van der Waals surface area contributed by atoms with Crippen LogP contribution in [0.3, 0.4) is 0 Å². The Morgan fingerprint density at radius 2 is 2.28 bits per heavy atom. The summed E-state index contributed by atoms with van der Waals surface area (Å²) < 4.78 is 43.1.